The normalized spacial score (nSPS) is 14.7. The minimum absolute atomic E-state index is 0.523. The van der Waals surface area contributed by atoms with E-state index in [1.807, 2.05) is 21.1 Å². The third-order valence-electron chi connectivity index (χ3n) is 7.33. The lowest BCUT2D eigenvalue weighted by Gasteiger charge is -2.39. The van der Waals surface area contributed by atoms with Gasteiger partial charge in [-0.25, -0.2) is 0 Å². The quantitative estimate of drug-likeness (QED) is 0.0592. The Morgan fingerprint density at radius 1 is 0.606 bits per heavy atom. The van der Waals surface area contributed by atoms with Crippen LogP contribution in [-0.4, -0.2) is 30.9 Å². The fraction of sp³-hybridized carbons (Fsp3) is 0.931. The van der Waals surface area contributed by atoms with Crippen molar-refractivity contribution in [3.05, 3.63) is 12.2 Å². The van der Waals surface area contributed by atoms with Crippen molar-refractivity contribution in [1.82, 2.24) is 0 Å². The summed E-state index contributed by atoms with van der Waals surface area (Å²) in [6.07, 6.45) is 31.1. The van der Waals surface area contributed by atoms with Crippen LogP contribution in [0.1, 0.15) is 149 Å². The van der Waals surface area contributed by atoms with Gasteiger partial charge < -0.3 is 4.89 Å². The average molecular weight is 485 g/mol. The van der Waals surface area contributed by atoms with Gasteiger partial charge in [-0.2, -0.15) is 0 Å². The van der Waals surface area contributed by atoms with E-state index < -0.39 is 13.3 Å². The third kappa shape index (κ3) is 16.1. The second-order valence-electron chi connectivity index (χ2n) is 11.1. The van der Waals surface area contributed by atoms with E-state index in [4.69, 9.17) is 0 Å². The molecule has 0 aromatic heterocycles. The summed E-state index contributed by atoms with van der Waals surface area (Å²) in [6.45, 7) is 4.37. The minimum atomic E-state index is -2.42. The van der Waals surface area contributed by atoms with Crippen LogP contribution in [0, 0.1) is 0 Å². The number of nitrogens with zero attached hydrogens (tertiary/aromatic N) is 1. The molecule has 0 aromatic rings. The number of quaternary nitrogens is 1. The van der Waals surface area contributed by atoms with E-state index in [-0.39, 0.29) is 0 Å². The maximum absolute atomic E-state index is 12.1. The first kappa shape index (κ1) is 32.8. The molecule has 0 saturated carbocycles. The maximum Gasteiger partial charge on any atom is 0.376 e. The van der Waals surface area contributed by atoms with Crippen LogP contribution in [0.5, 0.6) is 0 Å². The topological polar surface area (TPSA) is 40.1 Å². The van der Waals surface area contributed by atoms with Gasteiger partial charge >= 0.3 is 8.03 Å². The molecule has 0 aromatic carbocycles. The predicted octanol–water partition coefficient (Wildman–Crippen LogP) is 9.28. The second kappa shape index (κ2) is 21.1. The number of hydrogen-bond acceptors (Lipinski definition) is 2. The van der Waals surface area contributed by atoms with Crippen molar-refractivity contribution in [2.45, 2.75) is 154 Å². The summed E-state index contributed by atoms with van der Waals surface area (Å²) in [5.41, 5.74) is 0. The Hall–Kier alpha value is -0.240. The molecule has 0 aliphatic heterocycles. The summed E-state index contributed by atoms with van der Waals surface area (Å²) in [7, 11) is 3.69. The van der Waals surface area contributed by atoms with Crippen LogP contribution in [0.4, 0.5) is 0 Å². The first-order valence-electron chi connectivity index (χ1n) is 14.4. The molecule has 0 rings (SSSR count). The maximum atomic E-state index is 12.1. The Labute approximate surface area is 209 Å². The molecule has 0 spiro atoms. The van der Waals surface area contributed by atoms with Crippen LogP contribution in [-0.2, 0) is 4.57 Å². The molecule has 3 nitrogen and oxygen atoms in total. The Morgan fingerprint density at radius 3 is 1.36 bits per heavy atom. The zero-order valence-corrected chi connectivity index (χ0v) is 24.1. The first-order chi connectivity index (χ1) is 15.8. The number of rotatable bonds is 24. The number of unbranched alkanes of at least 4 members (excludes halogenated alkanes) is 16. The van der Waals surface area contributed by atoms with E-state index in [2.05, 4.69) is 26.0 Å². The molecule has 0 fully saturated rings. The fourth-order valence-corrected chi connectivity index (χ4v) is 6.22. The predicted molar refractivity (Wildman–Crippen MR) is 146 cm³/mol. The van der Waals surface area contributed by atoms with Crippen LogP contribution in [0.3, 0.4) is 0 Å². The zero-order valence-electron chi connectivity index (χ0n) is 23.2. The van der Waals surface area contributed by atoms with Gasteiger partial charge in [0.1, 0.15) is 0 Å². The highest BCUT2D eigenvalue weighted by molar-refractivity contribution is 7.38. The van der Waals surface area contributed by atoms with Gasteiger partial charge in [0.25, 0.3) is 5.28 Å². The van der Waals surface area contributed by atoms with Crippen molar-refractivity contribution in [3.63, 3.8) is 0 Å². The molecule has 0 heterocycles. The van der Waals surface area contributed by atoms with Gasteiger partial charge in [0.05, 0.1) is 21.1 Å². The third-order valence-corrected chi connectivity index (χ3v) is 9.05. The molecule has 0 amide bonds. The van der Waals surface area contributed by atoms with Gasteiger partial charge in [-0.05, 0) is 38.5 Å². The standard InChI is InChI=1S/C29H59NO2P/c1-6-8-9-10-11-12-13-14-15-16-17-18-19-20-21-22-23-24-25-26-28-29(27-7-2,33(31)32)30(3,4)5/h13-14H,6-12,15-28H2,1-5H3/q+1. The Bertz CT molecular complexity index is 487. The van der Waals surface area contributed by atoms with Gasteiger partial charge in [-0.1, -0.05) is 114 Å². The van der Waals surface area contributed by atoms with Crippen LogP contribution < -0.4 is 4.89 Å². The highest BCUT2D eigenvalue weighted by atomic mass is 31.1. The molecule has 2 atom stereocenters. The van der Waals surface area contributed by atoms with Gasteiger partial charge in [0, 0.05) is 12.8 Å². The van der Waals surface area contributed by atoms with Crippen molar-refractivity contribution in [2.24, 2.45) is 0 Å². The van der Waals surface area contributed by atoms with E-state index in [0.29, 0.717) is 4.48 Å². The monoisotopic (exact) mass is 484 g/mol. The number of hydrogen-bond donors (Lipinski definition) is 0. The first-order valence-corrected chi connectivity index (χ1v) is 15.6. The summed E-state index contributed by atoms with van der Waals surface area (Å²) in [5.74, 6) is 0. The lowest BCUT2D eigenvalue weighted by Crippen LogP contribution is -2.55. The molecule has 0 aliphatic rings. The Kier molecular flexibility index (Phi) is 20.9. The minimum Gasteiger partial charge on any atom is -0.590 e. The van der Waals surface area contributed by atoms with E-state index in [0.717, 1.165) is 25.7 Å². The molecule has 2 unspecified atom stereocenters. The van der Waals surface area contributed by atoms with Gasteiger partial charge in [0.2, 0.25) is 0 Å². The molecular formula is C29H59NO2P+. The highest BCUT2D eigenvalue weighted by Gasteiger charge is 2.53. The molecule has 0 aliphatic carbocycles. The van der Waals surface area contributed by atoms with Crippen LogP contribution in [0.2, 0.25) is 0 Å². The van der Waals surface area contributed by atoms with Crippen molar-refractivity contribution in [2.75, 3.05) is 21.1 Å². The SMILES string of the molecule is CCCCCCCC=CCCCCCCCCCCCCCC(CCC)([P+](=O)[O-])[N+](C)(C)C. The molecule has 0 N–H and O–H groups in total. The molecule has 33 heavy (non-hydrogen) atoms. The van der Waals surface area contributed by atoms with Crippen LogP contribution >= 0.6 is 8.03 Å². The van der Waals surface area contributed by atoms with Crippen LogP contribution in [0.25, 0.3) is 0 Å². The van der Waals surface area contributed by atoms with Crippen molar-refractivity contribution >= 4 is 8.03 Å². The Balaban J connectivity index is 3.58. The van der Waals surface area contributed by atoms with Crippen molar-refractivity contribution < 1.29 is 13.9 Å². The average Bonchev–Trinajstić information content (AvgIpc) is 2.76. The highest BCUT2D eigenvalue weighted by Crippen LogP contribution is 2.45. The van der Waals surface area contributed by atoms with E-state index >= 15 is 0 Å². The molecule has 4 heteroatoms. The molecule has 0 radical (unpaired) electrons. The summed E-state index contributed by atoms with van der Waals surface area (Å²) in [4.78, 5) is 12.1. The summed E-state index contributed by atoms with van der Waals surface area (Å²) in [5, 5.41) is -0.589. The van der Waals surface area contributed by atoms with Gasteiger partial charge in [-0.3, -0.25) is 4.48 Å². The van der Waals surface area contributed by atoms with E-state index in [1.165, 1.54) is 109 Å². The fourth-order valence-electron chi connectivity index (χ4n) is 4.99. The van der Waals surface area contributed by atoms with E-state index in [9.17, 15) is 9.46 Å². The van der Waals surface area contributed by atoms with Crippen molar-refractivity contribution in [1.29, 1.82) is 0 Å². The van der Waals surface area contributed by atoms with Crippen LogP contribution in [0.15, 0.2) is 12.2 Å². The Morgan fingerprint density at radius 2 is 1.00 bits per heavy atom. The zero-order chi connectivity index (χ0) is 24.8. The summed E-state index contributed by atoms with van der Waals surface area (Å²) >= 11 is 0. The van der Waals surface area contributed by atoms with Gasteiger partial charge in [0.15, 0.2) is 0 Å². The lowest BCUT2D eigenvalue weighted by molar-refractivity contribution is -0.910. The van der Waals surface area contributed by atoms with Crippen molar-refractivity contribution in [3.8, 4) is 0 Å². The molecule has 0 saturated heterocycles. The lowest BCUT2D eigenvalue weighted by atomic mass is 9.99. The smallest absolute Gasteiger partial charge is 0.376 e. The molecular weight excluding hydrogens is 425 g/mol. The van der Waals surface area contributed by atoms with E-state index in [1.54, 1.807) is 0 Å². The summed E-state index contributed by atoms with van der Waals surface area (Å²) in [6, 6.07) is 0. The largest absolute Gasteiger partial charge is 0.590 e. The molecule has 0 bridgehead atoms. The summed E-state index contributed by atoms with van der Waals surface area (Å²) < 4.78 is 12.6. The number of allylic oxidation sites excluding steroid dienone is 2. The molecule has 196 valence electrons. The van der Waals surface area contributed by atoms with Gasteiger partial charge in [-0.15, -0.1) is 0 Å². The second-order valence-corrected chi connectivity index (χ2v) is 12.5.